The molecule has 0 aliphatic carbocycles. The Hall–Kier alpha value is -2.60. The van der Waals surface area contributed by atoms with Gasteiger partial charge in [0.2, 0.25) is 11.8 Å². The van der Waals surface area contributed by atoms with Gasteiger partial charge in [0, 0.05) is 12.7 Å². The summed E-state index contributed by atoms with van der Waals surface area (Å²) in [5, 5.41) is 2.82. The minimum Gasteiger partial charge on any atom is -0.464 e. The molecule has 2 aromatic rings. The van der Waals surface area contributed by atoms with Crippen LogP contribution in [0.3, 0.4) is 0 Å². The molecule has 25 heavy (non-hydrogen) atoms. The van der Waals surface area contributed by atoms with Gasteiger partial charge in [-0.15, -0.1) is 0 Å². The van der Waals surface area contributed by atoms with Crippen molar-refractivity contribution in [2.24, 2.45) is 0 Å². The fourth-order valence-electron chi connectivity index (χ4n) is 2.38. The summed E-state index contributed by atoms with van der Waals surface area (Å²) in [6, 6.07) is 11.3. The predicted molar refractivity (Wildman–Crippen MR) is 97.2 cm³/mol. The minimum atomic E-state index is -0.150. The first-order valence-electron chi connectivity index (χ1n) is 8.18. The lowest BCUT2D eigenvalue weighted by molar-refractivity contribution is -0.131. The molecule has 0 radical (unpaired) electrons. The van der Waals surface area contributed by atoms with Gasteiger partial charge in [-0.2, -0.15) is 0 Å². The van der Waals surface area contributed by atoms with Crippen molar-refractivity contribution in [2.75, 3.05) is 32.5 Å². The van der Waals surface area contributed by atoms with E-state index in [2.05, 4.69) is 5.32 Å². The number of nitrogens with one attached hydrogen (secondary N) is 1. The maximum absolute atomic E-state index is 12.3. The zero-order valence-corrected chi connectivity index (χ0v) is 15.2. The number of carbonyl (C=O) groups is 2. The Morgan fingerprint density at radius 1 is 1.00 bits per heavy atom. The van der Waals surface area contributed by atoms with Crippen molar-refractivity contribution in [3.05, 3.63) is 53.5 Å². The molecule has 1 aromatic carbocycles. The lowest BCUT2D eigenvalue weighted by Crippen LogP contribution is -2.39. The number of carbonyl (C=O) groups excluding carboxylic acids is 2. The molecule has 0 fully saturated rings. The summed E-state index contributed by atoms with van der Waals surface area (Å²) in [6.07, 6.45) is 0. The number of nitrogens with zero attached hydrogens (tertiary/aromatic N) is 2. The summed E-state index contributed by atoms with van der Waals surface area (Å²) < 4.78 is 5.48. The Morgan fingerprint density at radius 2 is 1.68 bits per heavy atom. The molecule has 2 rings (SSSR count). The number of hydrogen-bond acceptors (Lipinski definition) is 4. The number of furan rings is 1. The van der Waals surface area contributed by atoms with Gasteiger partial charge in [0.15, 0.2) is 0 Å². The molecule has 1 heterocycles. The molecule has 6 nitrogen and oxygen atoms in total. The van der Waals surface area contributed by atoms with Crippen LogP contribution in [0.2, 0.25) is 0 Å². The predicted octanol–water partition coefficient (Wildman–Crippen LogP) is 2.43. The smallest absolute Gasteiger partial charge is 0.238 e. The van der Waals surface area contributed by atoms with Gasteiger partial charge in [0.25, 0.3) is 0 Å². The summed E-state index contributed by atoms with van der Waals surface area (Å²) in [5.41, 5.74) is 1.89. The fourth-order valence-corrected chi connectivity index (χ4v) is 2.38. The van der Waals surface area contributed by atoms with Crippen LogP contribution in [-0.4, -0.2) is 48.8 Å². The second-order valence-electron chi connectivity index (χ2n) is 6.35. The number of aryl methyl sites for hydroxylation is 2. The number of likely N-dealkylation sites (N-methyl/N-ethyl adjacent to an activating group) is 2. The summed E-state index contributed by atoms with van der Waals surface area (Å²) in [7, 11) is 3.47. The summed E-state index contributed by atoms with van der Waals surface area (Å²) in [6.45, 7) is 4.58. The molecule has 2 amide bonds. The average molecular weight is 343 g/mol. The summed E-state index contributed by atoms with van der Waals surface area (Å²) in [5.74, 6) is 1.34. The van der Waals surface area contributed by atoms with E-state index in [1.54, 1.807) is 23.9 Å². The van der Waals surface area contributed by atoms with E-state index in [9.17, 15) is 9.59 Å². The Kier molecular flexibility index (Phi) is 6.36. The maximum atomic E-state index is 12.3. The van der Waals surface area contributed by atoms with E-state index in [-0.39, 0.29) is 24.9 Å². The van der Waals surface area contributed by atoms with E-state index in [0.29, 0.717) is 6.54 Å². The standard InChI is InChI=1S/C19H25N3O3/c1-14-5-8-16(9-6-14)20-18(23)12-21(3)13-19(24)22(4)11-17-10-7-15(2)25-17/h5-10H,11-13H2,1-4H3,(H,20,23). The highest BCUT2D eigenvalue weighted by Crippen LogP contribution is 2.10. The second kappa shape index (κ2) is 8.48. The largest absolute Gasteiger partial charge is 0.464 e. The zero-order valence-electron chi connectivity index (χ0n) is 15.2. The number of amides is 2. The maximum Gasteiger partial charge on any atom is 0.238 e. The van der Waals surface area contributed by atoms with Gasteiger partial charge >= 0.3 is 0 Å². The van der Waals surface area contributed by atoms with Crippen LogP contribution >= 0.6 is 0 Å². The molecule has 0 aliphatic rings. The number of hydrogen-bond donors (Lipinski definition) is 1. The van der Waals surface area contributed by atoms with Gasteiger partial charge in [0.05, 0.1) is 19.6 Å². The van der Waals surface area contributed by atoms with Crippen molar-refractivity contribution in [1.82, 2.24) is 9.80 Å². The van der Waals surface area contributed by atoms with Crippen LogP contribution < -0.4 is 5.32 Å². The number of rotatable bonds is 7. The van der Waals surface area contributed by atoms with Gasteiger partial charge in [-0.25, -0.2) is 0 Å². The third-order valence-corrected chi connectivity index (χ3v) is 3.77. The van der Waals surface area contributed by atoms with Crippen molar-refractivity contribution >= 4 is 17.5 Å². The summed E-state index contributed by atoms with van der Waals surface area (Å²) in [4.78, 5) is 27.6. The van der Waals surface area contributed by atoms with E-state index < -0.39 is 0 Å². The molecule has 0 bridgehead atoms. The quantitative estimate of drug-likeness (QED) is 0.838. The molecule has 0 atom stereocenters. The van der Waals surface area contributed by atoms with Crippen LogP contribution in [-0.2, 0) is 16.1 Å². The molecule has 1 N–H and O–H groups in total. The first-order chi connectivity index (χ1) is 11.8. The monoisotopic (exact) mass is 343 g/mol. The molecule has 1 aromatic heterocycles. The Morgan fingerprint density at radius 3 is 2.28 bits per heavy atom. The van der Waals surface area contributed by atoms with Crippen LogP contribution in [0.15, 0.2) is 40.8 Å². The second-order valence-corrected chi connectivity index (χ2v) is 6.35. The molecule has 0 aliphatic heterocycles. The van der Waals surface area contributed by atoms with Crippen molar-refractivity contribution in [1.29, 1.82) is 0 Å². The topological polar surface area (TPSA) is 65.8 Å². The van der Waals surface area contributed by atoms with E-state index in [4.69, 9.17) is 4.42 Å². The molecule has 0 saturated heterocycles. The van der Waals surface area contributed by atoms with Crippen molar-refractivity contribution < 1.29 is 14.0 Å². The van der Waals surface area contributed by atoms with Gasteiger partial charge in [-0.1, -0.05) is 17.7 Å². The number of benzene rings is 1. The SMILES string of the molecule is Cc1ccc(NC(=O)CN(C)CC(=O)N(C)Cc2ccc(C)o2)cc1. The zero-order chi connectivity index (χ0) is 18.4. The van der Waals surface area contributed by atoms with Crippen LogP contribution in [0.25, 0.3) is 0 Å². The Bertz CT molecular complexity index is 722. The van der Waals surface area contributed by atoms with E-state index >= 15 is 0 Å². The molecule has 134 valence electrons. The first kappa shape index (κ1) is 18.7. The van der Waals surface area contributed by atoms with Crippen LogP contribution in [0.4, 0.5) is 5.69 Å². The normalized spacial score (nSPS) is 10.8. The van der Waals surface area contributed by atoms with Crippen molar-refractivity contribution in [3.63, 3.8) is 0 Å². The number of anilines is 1. The highest BCUT2D eigenvalue weighted by molar-refractivity contribution is 5.92. The molecular weight excluding hydrogens is 318 g/mol. The van der Waals surface area contributed by atoms with Gasteiger partial charge < -0.3 is 14.6 Å². The highest BCUT2D eigenvalue weighted by Gasteiger charge is 2.15. The van der Waals surface area contributed by atoms with Gasteiger partial charge in [-0.3, -0.25) is 14.5 Å². The third kappa shape index (κ3) is 6.08. The van der Waals surface area contributed by atoms with Gasteiger partial charge in [0.1, 0.15) is 11.5 Å². The highest BCUT2D eigenvalue weighted by atomic mass is 16.3. The van der Waals surface area contributed by atoms with Crippen molar-refractivity contribution in [3.8, 4) is 0 Å². The first-order valence-corrected chi connectivity index (χ1v) is 8.18. The minimum absolute atomic E-state index is 0.0697. The molecule has 0 unspecified atom stereocenters. The van der Waals surface area contributed by atoms with E-state index in [1.807, 2.05) is 50.2 Å². The average Bonchev–Trinajstić information content (AvgIpc) is 2.94. The fraction of sp³-hybridized carbons (Fsp3) is 0.368. The molecular formula is C19H25N3O3. The molecule has 0 spiro atoms. The van der Waals surface area contributed by atoms with Crippen LogP contribution in [0.5, 0.6) is 0 Å². The van der Waals surface area contributed by atoms with E-state index in [0.717, 1.165) is 22.8 Å². The lowest BCUT2D eigenvalue weighted by atomic mass is 10.2. The van der Waals surface area contributed by atoms with Crippen LogP contribution in [0, 0.1) is 13.8 Å². The lowest BCUT2D eigenvalue weighted by Gasteiger charge is -2.21. The Labute approximate surface area is 148 Å². The Balaban J connectivity index is 1.77. The van der Waals surface area contributed by atoms with Crippen molar-refractivity contribution in [2.45, 2.75) is 20.4 Å². The third-order valence-electron chi connectivity index (χ3n) is 3.77. The molecule has 6 heteroatoms. The van der Waals surface area contributed by atoms with Crippen LogP contribution in [0.1, 0.15) is 17.1 Å². The van der Waals surface area contributed by atoms with E-state index in [1.165, 1.54) is 0 Å². The van der Waals surface area contributed by atoms with Gasteiger partial charge in [-0.05, 0) is 45.2 Å². The molecule has 0 saturated carbocycles. The summed E-state index contributed by atoms with van der Waals surface area (Å²) >= 11 is 0.